The lowest BCUT2D eigenvalue weighted by Gasteiger charge is -2.17. The molecular weight excluding hydrogens is 532 g/mol. The Morgan fingerprint density at radius 3 is 2.50 bits per heavy atom. The average Bonchev–Trinajstić information content (AvgIpc) is 3.36. The van der Waals surface area contributed by atoms with Crippen molar-refractivity contribution in [1.29, 1.82) is 0 Å². The molecule has 1 aromatic carbocycles. The number of rotatable bonds is 12. The molecule has 1 fully saturated rings. The second kappa shape index (κ2) is 17.5. The molecule has 0 bridgehead atoms. The van der Waals surface area contributed by atoms with E-state index in [1.54, 1.807) is 6.20 Å². The minimum atomic E-state index is -0.186. The van der Waals surface area contributed by atoms with Crippen LogP contribution in [0.4, 0.5) is 4.79 Å². The SMILES string of the molecule is CC(C)(C)c1ncc(-c2ccc(CNCCCN=C(N)N)cc2)c(=O)[nH]1.CC(C)NC(=O)N[C@@H]1CCN(CCCN)C1. The van der Waals surface area contributed by atoms with Gasteiger partial charge in [0.05, 0.1) is 5.56 Å². The third kappa shape index (κ3) is 13.0. The number of hydrogen-bond donors (Lipinski definition) is 7. The van der Waals surface area contributed by atoms with Crippen LogP contribution >= 0.6 is 0 Å². The van der Waals surface area contributed by atoms with Crippen LogP contribution in [0.5, 0.6) is 0 Å². The van der Waals surface area contributed by atoms with Crippen molar-refractivity contribution in [1.82, 2.24) is 30.8 Å². The summed E-state index contributed by atoms with van der Waals surface area (Å²) in [4.78, 5) is 37.4. The first-order chi connectivity index (χ1) is 19.9. The van der Waals surface area contributed by atoms with Gasteiger partial charge in [-0.2, -0.15) is 0 Å². The fourth-order valence-electron chi connectivity index (χ4n) is 4.39. The number of likely N-dealkylation sites (tertiary alicyclic amines) is 1. The largest absolute Gasteiger partial charge is 0.370 e. The molecule has 2 heterocycles. The molecule has 2 amide bonds. The van der Waals surface area contributed by atoms with Gasteiger partial charge in [-0.05, 0) is 63.9 Å². The summed E-state index contributed by atoms with van der Waals surface area (Å²) in [6.45, 7) is 16.0. The van der Waals surface area contributed by atoms with Gasteiger partial charge >= 0.3 is 6.03 Å². The number of carbonyl (C=O) groups is 1. The Hall–Kier alpha value is -3.48. The highest BCUT2D eigenvalue weighted by Gasteiger charge is 2.23. The molecule has 42 heavy (non-hydrogen) atoms. The molecule has 234 valence electrons. The second-order valence-corrected chi connectivity index (χ2v) is 12.0. The third-order valence-electron chi connectivity index (χ3n) is 6.62. The van der Waals surface area contributed by atoms with Gasteiger partial charge in [-0.15, -0.1) is 0 Å². The highest BCUT2D eigenvalue weighted by molar-refractivity contribution is 5.75. The normalized spacial score (nSPS) is 15.2. The number of guanidine groups is 1. The van der Waals surface area contributed by atoms with Crippen molar-refractivity contribution >= 4 is 12.0 Å². The quantitative estimate of drug-likeness (QED) is 0.111. The van der Waals surface area contributed by atoms with Crippen LogP contribution < -0.4 is 38.7 Å². The standard InChI is InChI=1S/C19H28N6O.C11H24N4O/c1-19(2,3)17-24-12-15(16(26)25-17)14-7-5-13(6-8-14)11-22-9-4-10-23-18(20)21;1-9(2)13-11(16)14-10-4-7-15(8-10)6-3-5-12/h5-8,12,22H,4,9-11H2,1-3H3,(H4,20,21,23)(H,24,25,26);9-10H,3-8,12H2,1-2H3,(H2,13,14,16)/t;10-/m.1/s1. The summed E-state index contributed by atoms with van der Waals surface area (Å²) in [5.74, 6) is 0.813. The van der Waals surface area contributed by atoms with Crippen LogP contribution in [0.15, 0.2) is 40.2 Å². The Kier molecular flexibility index (Phi) is 14.4. The van der Waals surface area contributed by atoms with Crippen LogP contribution in [0, 0.1) is 0 Å². The Balaban J connectivity index is 0.000000330. The number of aromatic amines is 1. The van der Waals surface area contributed by atoms with Crippen molar-refractivity contribution in [3.05, 3.63) is 52.2 Å². The lowest BCUT2D eigenvalue weighted by atomic mass is 9.95. The number of carbonyl (C=O) groups excluding carboxylic acids is 1. The van der Waals surface area contributed by atoms with Crippen LogP contribution in [0.25, 0.3) is 11.1 Å². The van der Waals surface area contributed by atoms with Crippen LogP contribution in [0.1, 0.15) is 65.3 Å². The molecule has 0 saturated carbocycles. The number of urea groups is 1. The minimum Gasteiger partial charge on any atom is -0.370 e. The minimum absolute atomic E-state index is 0.0549. The van der Waals surface area contributed by atoms with E-state index >= 15 is 0 Å². The molecule has 0 radical (unpaired) electrons. The molecule has 0 aliphatic carbocycles. The van der Waals surface area contributed by atoms with Gasteiger partial charge in [0, 0.05) is 49.9 Å². The van der Waals surface area contributed by atoms with Gasteiger partial charge in [-0.1, -0.05) is 45.0 Å². The van der Waals surface area contributed by atoms with Crippen LogP contribution in [0.2, 0.25) is 0 Å². The molecule has 10 N–H and O–H groups in total. The molecule has 0 unspecified atom stereocenters. The Morgan fingerprint density at radius 1 is 1.19 bits per heavy atom. The monoisotopic (exact) mass is 584 g/mol. The lowest BCUT2D eigenvalue weighted by molar-refractivity contribution is 0.234. The predicted molar refractivity (Wildman–Crippen MR) is 171 cm³/mol. The number of nitrogens with one attached hydrogen (secondary N) is 4. The van der Waals surface area contributed by atoms with E-state index in [9.17, 15) is 9.59 Å². The molecule has 12 nitrogen and oxygen atoms in total. The fraction of sp³-hybridized carbons (Fsp3) is 0.600. The number of H-pyrrole nitrogens is 1. The number of benzene rings is 1. The van der Waals surface area contributed by atoms with E-state index in [0.717, 1.165) is 69.7 Å². The van der Waals surface area contributed by atoms with E-state index in [1.807, 2.05) is 58.9 Å². The lowest BCUT2D eigenvalue weighted by Crippen LogP contribution is -2.45. The molecule has 1 atom stereocenters. The van der Waals surface area contributed by atoms with Crippen molar-refractivity contribution in [3.63, 3.8) is 0 Å². The first-order valence-electron chi connectivity index (χ1n) is 14.8. The summed E-state index contributed by atoms with van der Waals surface area (Å²) in [5, 5.41) is 9.17. The van der Waals surface area contributed by atoms with Gasteiger partial charge in [-0.3, -0.25) is 9.79 Å². The maximum Gasteiger partial charge on any atom is 0.315 e. The first kappa shape index (κ1) is 34.7. The van der Waals surface area contributed by atoms with Crippen molar-refractivity contribution in [2.45, 2.75) is 77.9 Å². The summed E-state index contributed by atoms with van der Waals surface area (Å²) >= 11 is 0. The summed E-state index contributed by atoms with van der Waals surface area (Å²) in [5.41, 5.74) is 18.3. The summed E-state index contributed by atoms with van der Waals surface area (Å²) in [6, 6.07) is 8.33. The highest BCUT2D eigenvalue weighted by atomic mass is 16.2. The maximum absolute atomic E-state index is 12.4. The number of aromatic nitrogens is 2. The Morgan fingerprint density at radius 2 is 1.90 bits per heavy atom. The number of amides is 2. The fourth-order valence-corrected chi connectivity index (χ4v) is 4.39. The van der Waals surface area contributed by atoms with Crippen LogP contribution in [0.3, 0.4) is 0 Å². The van der Waals surface area contributed by atoms with E-state index in [-0.39, 0.29) is 35.0 Å². The zero-order valence-electron chi connectivity index (χ0n) is 26.0. The zero-order valence-corrected chi connectivity index (χ0v) is 26.0. The van der Waals surface area contributed by atoms with Crippen molar-refractivity contribution < 1.29 is 4.79 Å². The van der Waals surface area contributed by atoms with Crippen molar-refractivity contribution in [3.8, 4) is 11.1 Å². The third-order valence-corrected chi connectivity index (χ3v) is 6.62. The Bertz CT molecular complexity index is 1170. The topological polar surface area (TPSA) is 193 Å². The second-order valence-electron chi connectivity index (χ2n) is 12.0. The van der Waals surface area contributed by atoms with E-state index in [2.05, 4.69) is 35.8 Å². The van der Waals surface area contributed by atoms with Gasteiger partial charge in [0.25, 0.3) is 5.56 Å². The van der Waals surface area contributed by atoms with E-state index in [4.69, 9.17) is 17.2 Å². The average molecular weight is 585 g/mol. The first-order valence-corrected chi connectivity index (χ1v) is 14.8. The Labute approximate surface area is 250 Å². The number of hydrogen-bond acceptors (Lipinski definition) is 7. The molecule has 1 aliphatic rings. The van der Waals surface area contributed by atoms with Gasteiger partial charge < -0.3 is 43.0 Å². The van der Waals surface area contributed by atoms with Gasteiger partial charge in [-0.25, -0.2) is 9.78 Å². The van der Waals surface area contributed by atoms with Crippen molar-refractivity contribution in [2.75, 3.05) is 39.3 Å². The highest BCUT2D eigenvalue weighted by Crippen LogP contribution is 2.19. The molecule has 1 aromatic heterocycles. The van der Waals surface area contributed by atoms with Crippen molar-refractivity contribution in [2.24, 2.45) is 22.2 Å². The van der Waals surface area contributed by atoms with Crippen LogP contribution in [-0.2, 0) is 12.0 Å². The number of aliphatic imine (C=N–C) groups is 1. The molecule has 3 rings (SSSR count). The summed E-state index contributed by atoms with van der Waals surface area (Å²) in [6.07, 6.45) is 4.59. The molecule has 0 spiro atoms. The smallest absolute Gasteiger partial charge is 0.315 e. The summed E-state index contributed by atoms with van der Waals surface area (Å²) in [7, 11) is 0. The molecule has 1 saturated heterocycles. The number of nitrogens with zero attached hydrogens (tertiary/aromatic N) is 3. The molecule has 12 heteroatoms. The van der Waals surface area contributed by atoms with E-state index < -0.39 is 0 Å². The van der Waals surface area contributed by atoms with Gasteiger partial charge in [0.15, 0.2) is 5.96 Å². The molecular formula is C30H52N10O2. The van der Waals surface area contributed by atoms with Gasteiger partial charge in [0.1, 0.15) is 5.82 Å². The van der Waals surface area contributed by atoms with E-state index in [1.165, 1.54) is 0 Å². The predicted octanol–water partition coefficient (Wildman–Crippen LogP) is 1.60. The maximum atomic E-state index is 12.4. The van der Waals surface area contributed by atoms with Gasteiger partial charge in [0.2, 0.25) is 0 Å². The zero-order chi connectivity index (χ0) is 31.1. The molecule has 1 aliphatic heterocycles. The van der Waals surface area contributed by atoms with E-state index in [0.29, 0.717) is 17.9 Å². The number of nitrogens with two attached hydrogens (primary N) is 3. The summed E-state index contributed by atoms with van der Waals surface area (Å²) < 4.78 is 0. The van der Waals surface area contributed by atoms with Crippen LogP contribution in [-0.4, -0.2) is 78.2 Å². The molecule has 2 aromatic rings.